The predicted octanol–water partition coefficient (Wildman–Crippen LogP) is 2.91. The first kappa shape index (κ1) is 20.0. The summed E-state index contributed by atoms with van der Waals surface area (Å²) in [6.45, 7) is 5.55. The topological polar surface area (TPSA) is 99.5 Å². The van der Waals surface area contributed by atoms with E-state index in [-0.39, 0.29) is 11.6 Å². The third-order valence-corrected chi connectivity index (χ3v) is 5.94. The average Bonchev–Trinajstić information content (AvgIpc) is 2.98. The van der Waals surface area contributed by atoms with Crippen molar-refractivity contribution in [2.45, 2.75) is 32.9 Å². The SMILES string of the molecule is Cc1c(C#N)ccc2c1C(N1Cc3ccccc3C1=O)=C(NS(C)(=O)=O)C(C)(C)O2. The molecule has 0 fully saturated rings. The van der Waals surface area contributed by atoms with Crippen LogP contribution in [0, 0.1) is 18.3 Å². The maximum absolute atomic E-state index is 13.3. The van der Waals surface area contributed by atoms with Crippen LogP contribution in [-0.2, 0) is 16.6 Å². The molecule has 0 saturated heterocycles. The fraction of sp³-hybridized carbons (Fsp3) is 0.273. The van der Waals surface area contributed by atoms with E-state index in [1.165, 1.54) is 0 Å². The van der Waals surface area contributed by atoms with E-state index in [1.807, 2.05) is 12.1 Å². The van der Waals surface area contributed by atoms with Gasteiger partial charge in [-0.05, 0) is 50.1 Å². The van der Waals surface area contributed by atoms with Crippen LogP contribution < -0.4 is 9.46 Å². The summed E-state index contributed by atoms with van der Waals surface area (Å²) >= 11 is 0. The number of ether oxygens (including phenoxy) is 1. The van der Waals surface area contributed by atoms with Gasteiger partial charge in [-0.25, -0.2) is 8.42 Å². The first-order chi connectivity index (χ1) is 14.0. The molecule has 2 aromatic rings. The molecule has 2 heterocycles. The van der Waals surface area contributed by atoms with Crippen LogP contribution in [0.15, 0.2) is 42.1 Å². The number of hydrogen-bond donors (Lipinski definition) is 1. The lowest BCUT2D eigenvalue weighted by Crippen LogP contribution is -2.45. The van der Waals surface area contributed by atoms with E-state index in [0.29, 0.717) is 40.2 Å². The quantitative estimate of drug-likeness (QED) is 0.818. The van der Waals surface area contributed by atoms with Crippen LogP contribution in [0.4, 0.5) is 0 Å². The second-order valence-electron chi connectivity index (χ2n) is 7.98. The number of carbonyl (C=O) groups is 1. The van der Waals surface area contributed by atoms with E-state index in [1.54, 1.807) is 49.9 Å². The van der Waals surface area contributed by atoms with E-state index in [0.717, 1.165) is 11.8 Å². The number of benzene rings is 2. The summed E-state index contributed by atoms with van der Waals surface area (Å²) < 4.78 is 33.1. The lowest BCUT2D eigenvalue weighted by atomic mass is 9.90. The molecule has 154 valence electrons. The van der Waals surface area contributed by atoms with Crippen LogP contribution in [-0.4, -0.2) is 31.1 Å². The number of amides is 1. The van der Waals surface area contributed by atoms with Gasteiger partial charge in [0.15, 0.2) is 0 Å². The van der Waals surface area contributed by atoms with Gasteiger partial charge in [0, 0.05) is 11.1 Å². The minimum absolute atomic E-state index is 0.223. The van der Waals surface area contributed by atoms with Crippen molar-refractivity contribution in [3.05, 3.63) is 69.9 Å². The molecular weight excluding hydrogens is 402 g/mol. The molecule has 0 aromatic heterocycles. The summed E-state index contributed by atoms with van der Waals surface area (Å²) in [4.78, 5) is 14.9. The molecule has 0 saturated carbocycles. The lowest BCUT2D eigenvalue weighted by molar-refractivity contribution is 0.0841. The van der Waals surface area contributed by atoms with E-state index in [9.17, 15) is 18.5 Å². The second kappa shape index (κ2) is 6.61. The molecule has 2 aliphatic heterocycles. The van der Waals surface area contributed by atoms with Crippen molar-refractivity contribution in [3.8, 4) is 11.8 Å². The van der Waals surface area contributed by atoms with Crippen LogP contribution in [0.3, 0.4) is 0 Å². The van der Waals surface area contributed by atoms with Crippen LogP contribution in [0.2, 0.25) is 0 Å². The average molecular weight is 423 g/mol. The van der Waals surface area contributed by atoms with Crippen LogP contribution in [0.25, 0.3) is 5.70 Å². The van der Waals surface area contributed by atoms with E-state index in [4.69, 9.17) is 4.74 Å². The summed E-state index contributed by atoms with van der Waals surface area (Å²) in [5, 5.41) is 9.52. The molecule has 0 radical (unpaired) electrons. The highest BCUT2D eigenvalue weighted by molar-refractivity contribution is 7.88. The molecule has 1 amide bonds. The van der Waals surface area contributed by atoms with Crippen LogP contribution in [0.1, 0.15) is 46.5 Å². The fourth-order valence-electron chi connectivity index (χ4n) is 3.98. The fourth-order valence-corrected chi connectivity index (χ4v) is 4.70. The number of hydrogen-bond acceptors (Lipinski definition) is 5. The Morgan fingerprint density at radius 3 is 2.53 bits per heavy atom. The second-order valence-corrected chi connectivity index (χ2v) is 9.73. The number of nitrogens with zero attached hydrogens (tertiary/aromatic N) is 2. The molecule has 0 bridgehead atoms. The Kier molecular flexibility index (Phi) is 4.40. The van der Waals surface area contributed by atoms with Crippen molar-refractivity contribution in [1.82, 2.24) is 9.62 Å². The molecule has 1 N–H and O–H groups in total. The van der Waals surface area contributed by atoms with Crippen molar-refractivity contribution < 1.29 is 17.9 Å². The van der Waals surface area contributed by atoms with Gasteiger partial charge in [0.05, 0.1) is 35.8 Å². The first-order valence-corrected chi connectivity index (χ1v) is 11.3. The number of rotatable bonds is 3. The van der Waals surface area contributed by atoms with Crippen molar-refractivity contribution in [2.24, 2.45) is 0 Å². The third kappa shape index (κ3) is 3.12. The van der Waals surface area contributed by atoms with Crippen molar-refractivity contribution in [1.29, 1.82) is 5.26 Å². The number of sulfonamides is 1. The van der Waals surface area contributed by atoms with E-state index in [2.05, 4.69) is 10.8 Å². The minimum atomic E-state index is -3.66. The Labute approximate surface area is 175 Å². The summed E-state index contributed by atoms with van der Waals surface area (Å²) in [6, 6.07) is 12.8. The van der Waals surface area contributed by atoms with Gasteiger partial charge in [-0.3, -0.25) is 9.52 Å². The van der Waals surface area contributed by atoms with Gasteiger partial charge < -0.3 is 9.64 Å². The summed E-state index contributed by atoms with van der Waals surface area (Å²) in [6.07, 6.45) is 1.06. The highest BCUT2D eigenvalue weighted by atomic mass is 32.2. The molecule has 2 aromatic carbocycles. The minimum Gasteiger partial charge on any atom is -0.481 e. The highest BCUT2D eigenvalue weighted by Crippen LogP contribution is 2.46. The molecule has 4 rings (SSSR count). The maximum atomic E-state index is 13.3. The van der Waals surface area contributed by atoms with Gasteiger partial charge in [0.2, 0.25) is 10.0 Å². The Balaban J connectivity index is 2.04. The van der Waals surface area contributed by atoms with E-state index >= 15 is 0 Å². The highest BCUT2D eigenvalue weighted by Gasteiger charge is 2.43. The standard InChI is InChI=1S/C22H21N3O4S/c1-13-14(11-23)9-10-17-18(13)19(20(22(2,3)29-17)24-30(4,27)28)25-12-15-7-5-6-8-16(15)21(25)26/h5-10,24H,12H2,1-4H3. The van der Waals surface area contributed by atoms with Gasteiger partial charge >= 0.3 is 0 Å². The largest absolute Gasteiger partial charge is 0.481 e. The molecule has 0 atom stereocenters. The molecule has 0 spiro atoms. The molecule has 30 heavy (non-hydrogen) atoms. The van der Waals surface area contributed by atoms with Crippen LogP contribution in [0.5, 0.6) is 5.75 Å². The smallest absolute Gasteiger partial charge is 0.259 e. The number of carbonyl (C=O) groups excluding carboxylic acids is 1. The summed E-state index contributed by atoms with van der Waals surface area (Å²) in [5.74, 6) is 0.271. The maximum Gasteiger partial charge on any atom is 0.259 e. The molecule has 7 nitrogen and oxygen atoms in total. The monoisotopic (exact) mass is 423 g/mol. The molecule has 0 aliphatic carbocycles. The molecular formula is C22H21N3O4S. The van der Waals surface area contributed by atoms with Gasteiger partial charge in [-0.1, -0.05) is 18.2 Å². The number of fused-ring (bicyclic) bond motifs is 2. The first-order valence-electron chi connectivity index (χ1n) is 9.39. The zero-order valence-corrected chi connectivity index (χ0v) is 17.9. The number of nitrogens with one attached hydrogen (secondary N) is 1. The predicted molar refractivity (Wildman–Crippen MR) is 112 cm³/mol. The third-order valence-electron chi connectivity index (χ3n) is 5.37. The van der Waals surface area contributed by atoms with Gasteiger partial charge in [-0.2, -0.15) is 5.26 Å². The summed E-state index contributed by atoms with van der Waals surface area (Å²) in [7, 11) is -3.66. The molecule has 8 heteroatoms. The molecule has 2 aliphatic rings. The van der Waals surface area contributed by atoms with Gasteiger partial charge in [0.1, 0.15) is 11.4 Å². The Hall–Kier alpha value is -3.31. The van der Waals surface area contributed by atoms with E-state index < -0.39 is 15.6 Å². The number of nitriles is 1. The van der Waals surface area contributed by atoms with Crippen molar-refractivity contribution in [2.75, 3.05) is 6.26 Å². The van der Waals surface area contributed by atoms with Crippen LogP contribution >= 0.6 is 0 Å². The Morgan fingerprint density at radius 2 is 1.90 bits per heavy atom. The van der Waals surface area contributed by atoms with Gasteiger partial charge in [-0.15, -0.1) is 0 Å². The zero-order chi connectivity index (χ0) is 21.8. The zero-order valence-electron chi connectivity index (χ0n) is 17.1. The Morgan fingerprint density at radius 1 is 1.20 bits per heavy atom. The Bertz CT molecular complexity index is 1270. The van der Waals surface area contributed by atoms with Gasteiger partial charge in [0.25, 0.3) is 5.91 Å². The summed E-state index contributed by atoms with van der Waals surface area (Å²) in [5.41, 5.74) is 2.65. The normalized spacial score (nSPS) is 17.2. The molecule has 0 unspecified atom stereocenters. The van der Waals surface area contributed by atoms with Crippen molar-refractivity contribution in [3.63, 3.8) is 0 Å². The van der Waals surface area contributed by atoms with Crippen molar-refractivity contribution >= 4 is 21.6 Å². The lowest BCUT2D eigenvalue weighted by Gasteiger charge is -2.40.